The third-order valence-corrected chi connectivity index (χ3v) is 4.55. The van der Waals surface area contributed by atoms with E-state index in [9.17, 15) is 9.59 Å². The summed E-state index contributed by atoms with van der Waals surface area (Å²) >= 11 is 0. The molecule has 24 heavy (non-hydrogen) atoms. The molecule has 0 spiro atoms. The van der Waals surface area contributed by atoms with Gasteiger partial charge in [0, 0.05) is 6.04 Å². The topological polar surface area (TPSA) is 58.6 Å². The van der Waals surface area contributed by atoms with Crippen LogP contribution in [0.4, 0.5) is 0 Å². The van der Waals surface area contributed by atoms with Crippen molar-refractivity contribution < 1.29 is 14.3 Å². The molecule has 1 amide bonds. The quantitative estimate of drug-likeness (QED) is 0.779. The number of amides is 1. The summed E-state index contributed by atoms with van der Waals surface area (Å²) in [5, 5.41) is 2.82. The highest BCUT2D eigenvalue weighted by molar-refractivity contribution is 5.85. The maximum absolute atomic E-state index is 12.4. The summed E-state index contributed by atoms with van der Waals surface area (Å²) in [5.41, 5.74) is 2.67. The first-order chi connectivity index (χ1) is 11.4. The number of likely N-dealkylation sites (N-methyl/N-ethyl adjacent to an activating group) is 1. The fourth-order valence-corrected chi connectivity index (χ4v) is 3.40. The molecule has 0 unspecified atom stereocenters. The van der Waals surface area contributed by atoms with Crippen LogP contribution in [-0.4, -0.2) is 43.5 Å². The first kappa shape index (κ1) is 18.5. The third kappa shape index (κ3) is 4.57. The van der Waals surface area contributed by atoms with Crippen LogP contribution in [0.15, 0.2) is 24.3 Å². The molecule has 5 heteroatoms. The van der Waals surface area contributed by atoms with E-state index in [0.29, 0.717) is 12.3 Å². The molecule has 132 valence electrons. The van der Waals surface area contributed by atoms with Crippen molar-refractivity contribution in [2.45, 2.75) is 45.2 Å². The normalized spacial score (nSPS) is 17.7. The summed E-state index contributed by atoms with van der Waals surface area (Å²) in [6.07, 6.45) is 2.65. The van der Waals surface area contributed by atoms with E-state index in [1.165, 1.54) is 18.2 Å². The first-order valence-electron chi connectivity index (χ1n) is 8.57. The molecule has 0 heterocycles. The molecule has 0 fully saturated rings. The average Bonchev–Trinajstić information content (AvgIpc) is 2.97. The van der Waals surface area contributed by atoms with Gasteiger partial charge in [0.15, 0.2) is 0 Å². The number of esters is 1. The Morgan fingerprint density at radius 1 is 1.33 bits per heavy atom. The second-order valence-corrected chi connectivity index (χ2v) is 6.94. The number of ether oxygens (including phenoxy) is 1. The molecule has 2 atom stereocenters. The highest BCUT2D eigenvalue weighted by Gasteiger charge is 2.28. The largest absolute Gasteiger partial charge is 0.467 e. The first-order valence-corrected chi connectivity index (χ1v) is 8.57. The average molecular weight is 332 g/mol. The lowest BCUT2D eigenvalue weighted by Crippen LogP contribution is -2.46. The molecule has 2 rings (SSSR count). The van der Waals surface area contributed by atoms with Gasteiger partial charge in [-0.15, -0.1) is 0 Å². The molecule has 1 aromatic rings. The van der Waals surface area contributed by atoms with E-state index in [1.54, 1.807) is 0 Å². The van der Waals surface area contributed by atoms with Crippen molar-refractivity contribution in [3.05, 3.63) is 35.4 Å². The maximum atomic E-state index is 12.4. The van der Waals surface area contributed by atoms with E-state index in [0.717, 1.165) is 12.8 Å². The van der Waals surface area contributed by atoms with Crippen molar-refractivity contribution in [3.8, 4) is 0 Å². The number of benzene rings is 1. The van der Waals surface area contributed by atoms with Crippen LogP contribution in [0.1, 0.15) is 43.9 Å². The van der Waals surface area contributed by atoms with Gasteiger partial charge in [0.25, 0.3) is 0 Å². The van der Waals surface area contributed by atoms with Gasteiger partial charge < -0.3 is 10.1 Å². The predicted molar refractivity (Wildman–Crippen MR) is 93.5 cm³/mol. The zero-order chi connectivity index (χ0) is 17.7. The molecule has 1 N–H and O–H groups in total. The molecular weight excluding hydrogens is 304 g/mol. The summed E-state index contributed by atoms with van der Waals surface area (Å²) in [4.78, 5) is 26.3. The molecule has 1 aliphatic rings. The van der Waals surface area contributed by atoms with Gasteiger partial charge in [-0.25, -0.2) is 4.79 Å². The van der Waals surface area contributed by atoms with Crippen LogP contribution in [0.25, 0.3) is 0 Å². The molecule has 5 nitrogen and oxygen atoms in total. The van der Waals surface area contributed by atoms with Crippen molar-refractivity contribution in [2.24, 2.45) is 5.92 Å². The lowest BCUT2D eigenvalue weighted by molar-refractivity contribution is -0.145. The van der Waals surface area contributed by atoms with Gasteiger partial charge in [-0.1, -0.05) is 38.1 Å². The standard InChI is InChI=1S/C19H28N2O3/c1-13(2)11-16(19(23)24-4)20-18(22)12-21(3)17-10-9-14-7-5-6-8-15(14)17/h5-8,13,16-17H,9-12H2,1-4H3,(H,20,22)/t16-,17-/m1/s1. The van der Waals surface area contributed by atoms with Crippen LogP contribution < -0.4 is 5.32 Å². The van der Waals surface area contributed by atoms with Crippen molar-refractivity contribution in [1.29, 1.82) is 0 Å². The van der Waals surface area contributed by atoms with E-state index < -0.39 is 6.04 Å². The van der Waals surface area contributed by atoms with Gasteiger partial charge in [0.1, 0.15) is 6.04 Å². The molecule has 0 radical (unpaired) electrons. The molecular formula is C19H28N2O3. The number of fused-ring (bicyclic) bond motifs is 1. The minimum atomic E-state index is -0.577. The number of carbonyl (C=O) groups excluding carboxylic acids is 2. The van der Waals surface area contributed by atoms with Crippen LogP contribution in [0, 0.1) is 5.92 Å². The monoisotopic (exact) mass is 332 g/mol. The van der Waals surface area contributed by atoms with Gasteiger partial charge >= 0.3 is 5.97 Å². The Morgan fingerprint density at radius 2 is 2.04 bits per heavy atom. The minimum Gasteiger partial charge on any atom is -0.467 e. The lowest BCUT2D eigenvalue weighted by Gasteiger charge is -2.26. The maximum Gasteiger partial charge on any atom is 0.328 e. The predicted octanol–water partition coefficient (Wildman–Crippen LogP) is 2.31. The van der Waals surface area contributed by atoms with Crippen LogP contribution in [0.2, 0.25) is 0 Å². The molecule has 0 saturated carbocycles. The van der Waals surface area contributed by atoms with Gasteiger partial charge in [-0.2, -0.15) is 0 Å². The van der Waals surface area contributed by atoms with E-state index in [4.69, 9.17) is 4.74 Å². The van der Waals surface area contributed by atoms with Crippen LogP contribution in [0.5, 0.6) is 0 Å². The molecule has 1 aliphatic carbocycles. The zero-order valence-electron chi connectivity index (χ0n) is 15.0. The van der Waals surface area contributed by atoms with Crippen molar-refractivity contribution >= 4 is 11.9 Å². The van der Waals surface area contributed by atoms with E-state index in [-0.39, 0.29) is 24.5 Å². The fraction of sp³-hybridized carbons (Fsp3) is 0.579. The number of nitrogens with one attached hydrogen (secondary N) is 1. The molecule has 1 aromatic carbocycles. The Hall–Kier alpha value is -1.88. The summed E-state index contributed by atoms with van der Waals surface area (Å²) in [6, 6.07) is 8.07. The zero-order valence-corrected chi connectivity index (χ0v) is 15.0. The smallest absolute Gasteiger partial charge is 0.328 e. The van der Waals surface area contributed by atoms with Gasteiger partial charge in [-0.3, -0.25) is 9.69 Å². The van der Waals surface area contributed by atoms with E-state index in [1.807, 2.05) is 27.0 Å². The van der Waals surface area contributed by atoms with Crippen molar-refractivity contribution in [1.82, 2.24) is 10.2 Å². The SMILES string of the molecule is COC(=O)[C@@H](CC(C)C)NC(=O)CN(C)[C@@H]1CCc2ccccc21. The van der Waals surface area contributed by atoms with E-state index >= 15 is 0 Å². The Balaban J connectivity index is 1.95. The van der Waals surface area contributed by atoms with Gasteiger partial charge in [0.2, 0.25) is 5.91 Å². The Kier molecular flexibility index (Phi) is 6.37. The highest BCUT2D eigenvalue weighted by Crippen LogP contribution is 2.34. The number of nitrogens with zero attached hydrogens (tertiary/aromatic N) is 1. The number of hydrogen-bond acceptors (Lipinski definition) is 4. The van der Waals surface area contributed by atoms with Crippen LogP contribution >= 0.6 is 0 Å². The molecule has 0 aliphatic heterocycles. The van der Waals surface area contributed by atoms with Crippen molar-refractivity contribution in [3.63, 3.8) is 0 Å². The van der Waals surface area contributed by atoms with Crippen molar-refractivity contribution in [2.75, 3.05) is 20.7 Å². The van der Waals surface area contributed by atoms with Crippen LogP contribution in [-0.2, 0) is 20.7 Å². The second-order valence-electron chi connectivity index (χ2n) is 6.94. The summed E-state index contributed by atoms with van der Waals surface area (Å²) in [6.45, 7) is 4.30. The summed E-state index contributed by atoms with van der Waals surface area (Å²) < 4.78 is 4.80. The van der Waals surface area contributed by atoms with Crippen LogP contribution in [0.3, 0.4) is 0 Å². The van der Waals surface area contributed by atoms with E-state index in [2.05, 4.69) is 28.4 Å². The second kappa shape index (κ2) is 8.29. The molecule has 0 saturated heterocycles. The highest BCUT2D eigenvalue weighted by atomic mass is 16.5. The number of aryl methyl sites for hydroxylation is 1. The number of hydrogen-bond donors (Lipinski definition) is 1. The summed E-state index contributed by atoms with van der Waals surface area (Å²) in [7, 11) is 3.31. The van der Waals surface area contributed by atoms with Gasteiger partial charge in [0.05, 0.1) is 13.7 Å². The Morgan fingerprint density at radius 3 is 2.71 bits per heavy atom. The number of methoxy groups -OCH3 is 1. The number of rotatable bonds is 7. The summed E-state index contributed by atoms with van der Waals surface area (Å²) in [5.74, 6) is -0.224. The molecule has 0 aromatic heterocycles. The van der Waals surface area contributed by atoms with Gasteiger partial charge in [-0.05, 0) is 43.4 Å². The Bertz CT molecular complexity index is 586. The minimum absolute atomic E-state index is 0.141. The third-order valence-electron chi connectivity index (χ3n) is 4.55. The number of carbonyl (C=O) groups is 2. The lowest BCUT2D eigenvalue weighted by atomic mass is 10.0. The molecule has 0 bridgehead atoms. The Labute approximate surface area is 144 Å². The fourth-order valence-electron chi connectivity index (χ4n) is 3.40.